The van der Waals surface area contributed by atoms with Crippen LogP contribution in [0.2, 0.25) is 0 Å². The monoisotopic (exact) mass is 362 g/mol. The van der Waals surface area contributed by atoms with Gasteiger partial charge in [0.05, 0.1) is 5.75 Å². The molecule has 0 fully saturated rings. The van der Waals surface area contributed by atoms with Gasteiger partial charge in [-0.25, -0.2) is 0 Å². The molecule has 0 saturated heterocycles. The number of likely N-dealkylation sites (N-methyl/N-ethyl adjacent to an activating group) is 1. The van der Waals surface area contributed by atoms with E-state index in [0.717, 1.165) is 16.0 Å². The van der Waals surface area contributed by atoms with Crippen molar-refractivity contribution in [1.29, 1.82) is 0 Å². The molecule has 1 rings (SSSR count). The van der Waals surface area contributed by atoms with Gasteiger partial charge >= 0.3 is 6.18 Å². The highest BCUT2D eigenvalue weighted by Gasteiger charge is 2.34. The molecule has 0 N–H and O–H groups in total. The molecule has 0 bridgehead atoms. The Labute approximate surface area is 144 Å². The number of halogens is 3. The van der Waals surface area contributed by atoms with Gasteiger partial charge in [0.25, 0.3) is 0 Å². The zero-order chi connectivity index (χ0) is 18.3. The summed E-state index contributed by atoms with van der Waals surface area (Å²) >= 11 is 1.23. The van der Waals surface area contributed by atoms with Crippen molar-refractivity contribution >= 4 is 23.6 Å². The van der Waals surface area contributed by atoms with Crippen LogP contribution < -0.4 is 0 Å². The molecule has 0 atom stereocenters. The predicted molar refractivity (Wildman–Crippen MR) is 88.7 cm³/mol. The summed E-state index contributed by atoms with van der Waals surface area (Å²) in [6.07, 6.45) is -4.54. The molecule has 24 heavy (non-hydrogen) atoms. The van der Waals surface area contributed by atoms with E-state index in [4.69, 9.17) is 0 Å². The summed E-state index contributed by atoms with van der Waals surface area (Å²) < 4.78 is 37.9. The van der Waals surface area contributed by atoms with Crippen molar-refractivity contribution in [2.45, 2.75) is 18.9 Å². The highest BCUT2D eigenvalue weighted by atomic mass is 32.2. The average molecular weight is 362 g/mol. The van der Waals surface area contributed by atoms with Crippen LogP contribution in [0.25, 0.3) is 0 Å². The molecular formula is C16H21F3N2O2S. The molecule has 0 heterocycles. The summed E-state index contributed by atoms with van der Waals surface area (Å²) in [6.45, 7) is -0.0516. The van der Waals surface area contributed by atoms with Crippen molar-refractivity contribution in [3.8, 4) is 0 Å². The second kappa shape index (κ2) is 8.96. The first kappa shape index (κ1) is 20.3. The van der Waals surface area contributed by atoms with Crippen molar-refractivity contribution in [2.75, 3.05) is 32.9 Å². The van der Waals surface area contributed by atoms with Crippen LogP contribution in [0.4, 0.5) is 13.2 Å². The Hall–Kier alpha value is -1.70. The molecule has 0 aliphatic carbocycles. The number of benzene rings is 1. The number of hydrogen-bond acceptors (Lipinski definition) is 3. The van der Waals surface area contributed by atoms with Gasteiger partial charge in [-0.15, -0.1) is 11.8 Å². The smallest absolute Gasteiger partial charge is 0.347 e. The first-order chi connectivity index (χ1) is 11.1. The lowest BCUT2D eigenvalue weighted by molar-refractivity contribution is -0.162. The van der Waals surface area contributed by atoms with Crippen LogP contribution in [0.15, 0.2) is 24.3 Å². The Bertz CT molecular complexity index is 577. The maximum absolute atomic E-state index is 12.6. The molecule has 2 amide bonds. The van der Waals surface area contributed by atoms with E-state index in [9.17, 15) is 22.8 Å². The van der Waals surface area contributed by atoms with Crippen LogP contribution >= 0.6 is 11.8 Å². The standard InChI is InChI=1S/C16H21F3N2O2S/c1-12-5-4-6-13(7-12)9-24-10-15(23)21(11-16(17,18)19)8-14(22)20(2)3/h4-7H,8-11H2,1-3H3. The van der Waals surface area contributed by atoms with Gasteiger partial charge < -0.3 is 9.80 Å². The van der Waals surface area contributed by atoms with Crippen molar-refractivity contribution in [2.24, 2.45) is 0 Å². The van der Waals surface area contributed by atoms with E-state index in [1.165, 1.54) is 25.9 Å². The summed E-state index contributed by atoms with van der Waals surface area (Å²) in [5.41, 5.74) is 2.08. The van der Waals surface area contributed by atoms with Crippen molar-refractivity contribution in [1.82, 2.24) is 9.80 Å². The normalized spacial score (nSPS) is 11.2. The molecule has 134 valence electrons. The summed E-state index contributed by atoms with van der Waals surface area (Å²) in [5.74, 6) is -0.823. The van der Waals surface area contributed by atoms with Crippen molar-refractivity contribution in [3.05, 3.63) is 35.4 Å². The number of nitrogens with zero attached hydrogens (tertiary/aromatic N) is 2. The van der Waals surface area contributed by atoms with Gasteiger partial charge in [-0.3, -0.25) is 9.59 Å². The van der Waals surface area contributed by atoms with E-state index in [1.54, 1.807) is 0 Å². The first-order valence-electron chi connectivity index (χ1n) is 7.26. The molecule has 4 nitrogen and oxygen atoms in total. The second-order valence-corrected chi connectivity index (χ2v) is 6.62. The zero-order valence-electron chi connectivity index (χ0n) is 13.9. The molecule has 0 radical (unpaired) electrons. The summed E-state index contributed by atoms with van der Waals surface area (Å²) in [6, 6.07) is 7.68. The van der Waals surface area contributed by atoms with E-state index in [-0.39, 0.29) is 5.75 Å². The van der Waals surface area contributed by atoms with Gasteiger partial charge in [0, 0.05) is 19.8 Å². The fourth-order valence-electron chi connectivity index (χ4n) is 1.90. The van der Waals surface area contributed by atoms with Gasteiger partial charge in [-0.1, -0.05) is 29.8 Å². The largest absolute Gasteiger partial charge is 0.406 e. The van der Waals surface area contributed by atoms with Gasteiger partial charge in [0.15, 0.2) is 0 Å². The minimum atomic E-state index is -4.54. The number of amides is 2. The minimum absolute atomic E-state index is 0.106. The number of carbonyl (C=O) groups excluding carboxylic acids is 2. The quantitative estimate of drug-likeness (QED) is 0.749. The molecule has 0 spiro atoms. The van der Waals surface area contributed by atoms with E-state index in [0.29, 0.717) is 10.7 Å². The lowest BCUT2D eigenvalue weighted by atomic mass is 10.2. The molecule has 0 aliphatic rings. The van der Waals surface area contributed by atoms with Gasteiger partial charge in [0.1, 0.15) is 13.1 Å². The lowest BCUT2D eigenvalue weighted by Crippen LogP contribution is -2.45. The molecule has 0 aromatic heterocycles. The summed E-state index contributed by atoms with van der Waals surface area (Å²) in [7, 11) is 2.87. The fraction of sp³-hybridized carbons (Fsp3) is 0.500. The molecule has 8 heteroatoms. The second-order valence-electron chi connectivity index (χ2n) is 5.63. The number of thioether (sulfide) groups is 1. The van der Waals surface area contributed by atoms with E-state index >= 15 is 0 Å². The van der Waals surface area contributed by atoms with Gasteiger partial charge in [-0.05, 0) is 12.5 Å². The molecule has 0 unspecified atom stereocenters. The topological polar surface area (TPSA) is 40.6 Å². The van der Waals surface area contributed by atoms with Crippen LogP contribution in [-0.2, 0) is 15.3 Å². The number of carbonyl (C=O) groups is 2. The van der Waals surface area contributed by atoms with E-state index < -0.39 is 31.1 Å². The summed E-state index contributed by atoms with van der Waals surface area (Å²) in [4.78, 5) is 25.4. The Kier molecular flexibility index (Phi) is 7.59. The highest BCUT2D eigenvalue weighted by Crippen LogP contribution is 2.19. The van der Waals surface area contributed by atoms with Crippen LogP contribution in [0.3, 0.4) is 0 Å². The van der Waals surface area contributed by atoms with Gasteiger partial charge in [0.2, 0.25) is 11.8 Å². The number of hydrogen-bond donors (Lipinski definition) is 0. The first-order valence-corrected chi connectivity index (χ1v) is 8.42. The maximum atomic E-state index is 12.6. The van der Waals surface area contributed by atoms with Gasteiger partial charge in [-0.2, -0.15) is 13.2 Å². The zero-order valence-corrected chi connectivity index (χ0v) is 14.7. The Morgan fingerprint density at radius 2 is 1.83 bits per heavy atom. The maximum Gasteiger partial charge on any atom is 0.406 e. The molecule has 0 aliphatic heterocycles. The number of rotatable bonds is 7. The average Bonchev–Trinajstić information content (AvgIpc) is 2.44. The summed E-state index contributed by atoms with van der Waals surface area (Å²) in [5, 5.41) is 0. The third-order valence-electron chi connectivity index (χ3n) is 3.12. The predicted octanol–water partition coefficient (Wildman–Crippen LogP) is 2.71. The lowest BCUT2D eigenvalue weighted by Gasteiger charge is -2.24. The molecule has 1 aromatic carbocycles. The Morgan fingerprint density at radius 1 is 1.17 bits per heavy atom. The third-order valence-corrected chi connectivity index (χ3v) is 4.11. The van der Waals surface area contributed by atoms with Crippen LogP contribution in [0.1, 0.15) is 11.1 Å². The van der Waals surface area contributed by atoms with Crippen molar-refractivity contribution < 1.29 is 22.8 Å². The van der Waals surface area contributed by atoms with Crippen LogP contribution in [-0.4, -0.2) is 60.7 Å². The molecule has 0 saturated carbocycles. The van der Waals surface area contributed by atoms with Crippen LogP contribution in [0.5, 0.6) is 0 Å². The van der Waals surface area contributed by atoms with E-state index in [2.05, 4.69) is 0 Å². The fourth-order valence-corrected chi connectivity index (χ4v) is 2.78. The third kappa shape index (κ3) is 7.72. The molecular weight excluding hydrogens is 341 g/mol. The Balaban J connectivity index is 2.61. The van der Waals surface area contributed by atoms with Crippen molar-refractivity contribution in [3.63, 3.8) is 0 Å². The number of aryl methyl sites for hydroxylation is 1. The SMILES string of the molecule is Cc1cccc(CSCC(=O)N(CC(=O)N(C)C)CC(F)(F)F)c1. The number of alkyl halides is 3. The van der Waals surface area contributed by atoms with Crippen LogP contribution in [0, 0.1) is 6.92 Å². The Morgan fingerprint density at radius 3 is 2.38 bits per heavy atom. The van der Waals surface area contributed by atoms with E-state index in [1.807, 2.05) is 31.2 Å². The minimum Gasteiger partial charge on any atom is -0.347 e. The molecule has 1 aromatic rings. The highest BCUT2D eigenvalue weighted by molar-refractivity contribution is 7.99.